The van der Waals surface area contributed by atoms with Crippen molar-refractivity contribution in [3.63, 3.8) is 0 Å². The Morgan fingerprint density at radius 1 is 1.29 bits per heavy atom. The third-order valence-corrected chi connectivity index (χ3v) is 7.70. The number of methoxy groups -OCH3 is 1. The van der Waals surface area contributed by atoms with Gasteiger partial charge in [0, 0.05) is 38.5 Å². The van der Waals surface area contributed by atoms with E-state index in [1.807, 2.05) is 43.9 Å². The second-order valence-corrected chi connectivity index (χ2v) is 13.4. The summed E-state index contributed by atoms with van der Waals surface area (Å²) in [5, 5.41) is 3.21. The molecule has 8 nitrogen and oxygen atoms in total. The molecule has 2 atom stereocenters. The number of pyridine rings is 1. The number of rotatable bonds is 8. The summed E-state index contributed by atoms with van der Waals surface area (Å²) in [6.07, 6.45) is 6.93. The molecule has 0 bridgehead atoms. The van der Waals surface area contributed by atoms with Crippen molar-refractivity contribution in [3.8, 4) is 0 Å². The number of hydrogen-bond acceptors (Lipinski definition) is 7. The summed E-state index contributed by atoms with van der Waals surface area (Å²) >= 11 is 0. The number of carbonyl (C=O) groups excluding carboxylic acids is 2. The first-order valence-corrected chi connectivity index (χ1v) is 14.9. The average molecular weight is 571 g/mol. The Hall–Kier alpha value is -2.71. The first-order chi connectivity index (χ1) is 19.2. The lowest BCUT2D eigenvalue weighted by atomic mass is 9.86. The van der Waals surface area contributed by atoms with E-state index in [4.69, 9.17) is 14.1 Å². The van der Waals surface area contributed by atoms with Crippen LogP contribution in [0.2, 0.25) is 0 Å². The molecule has 4 rings (SSSR count). The van der Waals surface area contributed by atoms with E-state index in [0.29, 0.717) is 35.8 Å². The molecule has 0 saturated carbocycles. The van der Waals surface area contributed by atoms with Crippen LogP contribution in [0.15, 0.2) is 28.9 Å². The van der Waals surface area contributed by atoms with Gasteiger partial charge < -0.3 is 24.3 Å². The van der Waals surface area contributed by atoms with Crippen molar-refractivity contribution in [3.05, 3.63) is 47.0 Å². The number of ether oxygens (including phenoxy) is 1. The maximum atomic E-state index is 11.4. The Balaban J connectivity index is 0.000000254. The lowest BCUT2D eigenvalue weighted by Crippen LogP contribution is -2.46. The van der Waals surface area contributed by atoms with E-state index < -0.39 is 0 Å². The zero-order chi connectivity index (χ0) is 30.8. The maximum Gasteiger partial charge on any atom is 0.209 e. The molecule has 1 N–H and O–H groups in total. The van der Waals surface area contributed by atoms with Crippen LogP contribution in [0.1, 0.15) is 108 Å². The molecule has 0 aromatic carbocycles. The highest BCUT2D eigenvalue weighted by atomic mass is 16.5. The van der Waals surface area contributed by atoms with Crippen LogP contribution in [-0.4, -0.2) is 72.9 Å². The fourth-order valence-electron chi connectivity index (χ4n) is 5.41. The monoisotopic (exact) mass is 570 g/mol. The number of furan rings is 1. The molecule has 1 saturated heterocycles. The molecule has 3 heterocycles. The SMILES string of the molecule is CC(C)CN(C)C1CCCN(C=O)C1.CC1CC(C)(C)c2cc(C=O)c(NCc3ccco3)nc21.COC(C)(C)C. The molecular formula is C33H54N4O4. The van der Waals surface area contributed by atoms with Gasteiger partial charge in [-0.05, 0) is 88.1 Å². The van der Waals surface area contributed by atoms with Crippen LogP contribution in [0.5, 0.6) is 0 Å². The number of aromatic nitrogens is 1. The zero-order valence-electron chi connectivity index (χ0n) is 27.1. The van der Waals surface area contributed by atoms with Gasteiger partial charge in [-0.3, -0.25) is 9.59 Å². The van der Waals surface area contributed by atoms with Gasteiger partial charge in [0.1, 0.15) is 11.6 Å². The smallest absolute Gasteiger partial charge is 0.209 e. The predicted molar refractivity (Wildman–Crippen MR) is 167 cm³/mol. The van der Waals surface area contributed by atoms with Crippen molar-refractivity contribution in [1.82, 2.24) is 14.8 Å². The number of amides is 1. The number of fused-ring (bicyclic) bond motifs is 1. The molecule has 230 valence electrons. The van der Waals surface area contributed by atoms with Crippen LogP contribution in [0.3, 0.4) is 0 Å². The number of likely N-dealkylation sites (N-methyl/N-ethyl adjacent to an activating group) is 1. The highest BCUT2D eigenvalue weighted by Crippen LogP contribution is 2.45. The summed E-state index contributed by atoms with van der Waals surface area (Å²) in [6, 6.07) is 6.30. The van der Waals surface area contributed by atoms with Crippen LogP contribution < -0.4 is 5.32 Å². The number of carbonyl (C=O) groups is 2. The van der Waals surface area contributed by atoms with Crippen molar-refractivity contribution >= 4 is 18.5 Å². The highest BCUT2D eigenvalue weighted by molar-refractivity contribution is 5.83. The molecular weight excluding hydrogens is 516 g/mol. The molecule has 2 aromatic heterocycles. The molecule has 0 radical (unpaired) electrons. The van der Waals surface area contributed by atoms with E-state index in [-0.39, 0.29) is 11.0 Å². The first kappa shape index (κ1) is 34.5. The average Bonchev–Trinajstić information content (AvgIpc) is 3.52. The summed E-state index contributed by atoms with van der Waals surface area (Å²) in [6.45, 7) is 20.6. The summed E-state index contributed by atoms with van der Waals surface area (Å²) in [5.74, 6) is 2.58. The van der Waals surface area contributed by atoms with Crippen molar-refractivity contribution < 1.29 is 18.7 Å². The van der Waals surface area contributed by atoms with Crippen LogP contribution in [0.4, 0.5) is 5.82 Å². The molecule has 0 spiro atoms. The lowest BCUT2D eigenvalue weighted by molar-refractivity contribution is -0.120. The van der Waals surface area contributed by atoms with Gasteiger partial charge in [-0.1, -0.05) is 34.6 Å². The Kier molecular flexibility index (Phi) is 13.0. The summed E-state index contributed by atoms with van der Waals surface area (Å²) in [5.41, 5.74) is 3.04. The fourth-order valence-corrected chi connectivity index (χ4v) is 5.41. The Bertz CT molecular complexity index is 1080. The molecule has 41 heavy (non-hydrogen) atoms. The third-order valence-electron chi connectivity index (χ3n) is 7.70. The molecule has 2 aromatic rings. The van der Waals surface area contributed by atoms with E-state index in [2.05, 4.69) is 51.9 Å². The normalized spacial score (nSPS) is 19.6. The maximum absolute atomic E-state index is 11.4. The quantitative estimate of drug-likeness (QED) is 0.362. The number of nitrogens with zero attached hydrogens (tertiary/aromatic N) is 3. The van der Waals surface area contributed by atoms with Gasteiger partial charge in [-0.15, -0.1) is 0 Å². The van der Waals surface area contributed by atoms with Crippen LogP contribution in [0.25, 0.3) is 0 Å². The number of piperidine rings is 1. The molecule has 2 unspecified atom stereocenters. The van der Waals surface area contributed by atoms with Gasteiger partial charge in [0.15, 0.2) is 6.29 Å². The molecule has 2 aliphatic rings. The summed E-state index contributed by atoms with van der Waals surface area (Å²) in [4.78, 5) is 31.0. The van der Waals surface area contributed by atoms with Gasteiger partial charge in [0.25, 0.3) is 0 Å². The second kappa shape index (κ2) is 15.5. The number of aldehydes is 1. The van der Waals surface area contributed by atoms with Crippen molar-refractivity contribution in [2.75, 3.05) is 39.1 Å². The van der Waals surface area contributed by atoms with E-state index in [0.717, 1.165) is 56.6 Å². The fraction of sp³-hybridized carbons (Fsp3) is 0.667. The van der Waals surface area contributed by atoms with Crippen LogP contribution in [-0.2, 0) is 21.5 Å². The molecule has 1 fully saturated rings. The van der Waals surface area contributed by atoms with Crippen molar-refractivity contribution in [2.24, 2.45) is 5.92 Å². The van der Waals surface area contributed by atoms with Gasteiger partial charge in [-0.2, -0.15) is 0 Å². The third kappa shape index (κ3) is 10.9. The Labute approximate surface area is 248 Å². The van der Waals surface area contributed by atoms with Gasteiger partial charge in [0.2, 0.25) is 6.41 Å². The Morgan fingerprint density at radius 3 is 2.51 bits per heavy atom. The minimum atomic E-state index is 0.0417. The molecule has 1 aliphatic heterocycles. The van der Waals surface area contributed by atoms with Gasteiger partial charge in [0.05, 0.1) is 24.0 Å². The van der Waals surface area contributed by atoms with Gasteiger partial charge >= 0.3 is 0 Å². The van der Waals surface area contributed by atoms with Crippen molar-refractivity contribution in [2.45, 2.75) is 104 Å². The molecule has 8 heteroatoms. The standard InChI is InChI=1S/C17H20N2O2.C11H22N2O.C5H12O/c1-11-8-17(2,3)14-7-12(10-20)16(19-15(11)14)18-9-13-5-4-6-21-13;1-10(2)7-12(3)11-5-4-6-13(8-11)9-14;1-5(2,3)6-4/h4-7,10-11H,8-9H2,1-3H3,(H,18,19);9-11H,4-8H2,1-3H3;1-4H3. The zero-order valence-corrected chi connectivity index (χ0v) is 27.1. The van der Waals surface area contributed by atoms with E-state index in [1.165, 1.54) is 12.0 Å². The van der Waals surface area contributed by atoms with Crippen LogP contribution in [0, 0.1) is 5.92 Å². The number of hydrogen-bond donors (Lipinski definition) is 1. The van der Waals surface area contributed by atoms with E-state index >= 15 is 0 Å². The minimum absolute atomic E-state index is 0.0417. The van der Waals surface area contributed by atoms with E-state index in [9.17, 15) is 9.59 Å². The number of likely N-dealkylation sites (tertiary alicyclic amines) is 1. The molecule has 1 aliphatic carbocycles. The number of nitrogens with one attached hydrogen (secondary N) is 1. The van der Waals surface area contributed by atoms with Crippen LogP contribution >= 0.6 is 0 Å². The summed E-state index contributed by atoms with van der Waals surface area (Å²) in [7, 11) is 3.87. The topological polar surface area (TPSA) is 87.9 Å². The first-order valence-electron chi connectivity index (χ1n) is 14.9. The van der Waals surface area contributed by atoms with E-state index in [1.54, 1.807) is 13.4 Å². The lowest BCUT2D eigenvalue weighted by Gasteiger charge is -2.36. The minimum Gasteiger partial charge on any atom is -0.467 e. The summed E-state index contributed by atoms with van der Waals surface area (Å²) < 4.78 is 10.2. The second-order valence-electron chi connectivity index (χ2n) is 13.4. The Morgan fingerprint density at radius 2 is 1.98 bits per heavy atom. The number of anilines is 1. The van der Waals surface area contributed by atoms with Gasteiger partial charge in [-0.25, -0.2) is 4.98 Å². The van der Waals surface area contributed by atoms with Crippen molar-refractivity contribution in [1.29, 1.82) is 0 Å². The molecule has 1 amide bonds. The predicted octanol–water partition coefficient (Wildman–Crippen LogP) is 6.51. The largest absolute Gasteiger partial charge is 0.467 e. The highest BCUT2D eigenvalue weighted by Gasteiger charge is 2.36.